The van der Waals surface area contributed by atoms with Crippen LogP contribution in [0.4, 0.5) is 5.69 Å². The maximum atomic E-state index is 13.0. The van der Waals surface area contributed by atoms with Crippen molar-refractivity contribution < 1.29 is 9.53 Å². The lowest BCUT2D eigenvalue weighted by molar-refractivity contribution is -0.117. The molecule has 0 saturated carbocycles. The van der Waals surface area contributed by atoms with Gasteiger partial charge < -0.3 is 14.2 Å². The quantitative estimate of drug-likeness (QED) is 0.154. The van der Waals surface area contributed by atoms with Crippen molar-refractivity contribution in [1.29, 1.82) is 0 Å². The van der Waals surface area contributed by atoms with Crippen molar-refractivity contribution in [3.63, 3.8) is 0 Å². The first-order valence-electron chi connectivity index (χ1n) is 15.7. The summed E-state index contributed by atoms with van der Waals surface area (Å²) >= 11 is 0. The van der Waals surface area contributed by atoms with Gasteiger partial charge in [0.25, 0.3) is 0 Å². The third-order valence-corrected chi connectivity index (χ3v) is 8.12. The molecule has 1 amide bonds. The summed E-state index contributed by atoms with van der Waals surface area (Å²) in [6, 6.07) is 16.3. The van der Waals surface area contributed by atoms with Crippen molar-refractivity contribution in [2.75, 3.05) is 18.1 Å². The van der Waals surface area contributed by atoms with E-state index < -0.39 is 0 Å². The minimum absolute atomic E-state index is 0.110. The van der Waals surface area contributed by atoms with Crippen LogP contribution >= 0.6 is 0 Å². The zero-order chi connectivity index (χ0) is 27.3. The molecule has 1 aromatic heterocycles. The molecule has 1 aliphatic rings. The fourth-order valence-corrected chi connectivity index (χ4v) is 5.95. The number of carbonyl (C=O) groups is 1. The summed E-state index contributed by atoms with van der Waals surface area (Å²) < 4.78 is 7.97. The van der Waals surface area contributed by atoms with Crippen molar-refractivity contribution in [2.24, 2.45) is 0 Å². The van der Waals surface area contributed by atoms with Gasteiger partial charge in [-0.25, -0.2) is 4.98 Å². The summed E-state index contributed by atoms with van der Waals surface area (Å²) in [5.41, 5.74) is 3.16. The molecule has 3 aromatic rings. The third-order valence-electron chi connectivity index (χ3n) is 8.12. The number of fused-ring (bicyclic) bond motifs is 1. The number of unbranched alkanes of at least 4 members (excludes halogenated alkanes) is 12. The zero-order valence-corrected chi connectivity index (χ0v) is 24.4. The summed E-state index contributed by atoms with van der Waals surface area (Å²) in [5.74, 6) is 2.18. The van der Waals surface area contributed by atoms with E-state index in [2.05, 4.69) is 35.8 Å². The van der Waals surface area contributed by atoms with Crippen molar-refractivity contribution in [3.05, 3.63) is 54.4 Å². The second-order valence-corrected chi connectivity index (χ2v) is 11.2. The predicted octanol–water partition coefficient (Wildman–Crippen LogP) is 9.05. The Balaban J connectivity index is 1.26. The molecule has 1 fully saturated rings. The highest BCUT2D eigenvalue weighted by Crippen LogP contribution is 2.34. The summed E-state index contributed by atoms with van der Waals surface area (Å²) in [6.07, 6.45) is 18.2. The number of carbonyl (C=O) groups excluding carboxylic acids is 1. The van der Waals surface area contributed by atoms with Gasteiger partial charge in [0.05, 0.1) is 17.6 Å². The fourth-order valence-electron chi connectivity index (χ4n) is 5.95. The van der Waals surface area contributed by atoms with Crippen LogP contribution in [0, 0.1) is 0 Å². The van der Waals surface area contributed by atoms with Crippen LogP contribution in [0.3, 0.4) is 0 Å². The van der Waals surface area contributed by atoms with Crippen molar-refractivity contribution in [3.8, 4) is 5.75 Å². The molecule has 1 aliphatic heterocycles. The number of hydrogen-bond donors (Lipinski definition) is 0. The van der Waals surface area contributed by atoms with Gasteiger partial charge >= 0.3 is 0 Å². The van der Waals surface area contributed by atoms with Gasteiger partial charge in [-0.2, -0.15) is 0 Å². The van der Waals surface area contributed by atoms with E-state index in [9.17, 15) is 4.79 Å². The second kappa shape index (κ2) is 15.7. The Morgan fingerprint density at radius 2 is 1.41 bits per heavy atom. The van der Waals surface area contributed by atoms with Crippen LogP contribution in [0.1, 0.15) is 115 Å². The molecule has 1 unspecified atom stereocenters. The lowest BCUT2D eigenvalue weighted by Crippen LogP contribution is -2.24. The van der Waals surface area contributed by atoms with Crippen LogP contribution in [0.2, 0.25) is 0 Å². The van der Waals surface area contributed by atoms with E-state index in [1.807, 2.05) is 36.1 Å². The minimum atomic E-state index is 0.110. The van der Waals surface area contributed by atoms with Crippen molar-refractivity contribution in [2.45, 2.75) is 116 Å². The molecular weight excluding hydrogens is 482 g/mol. The van der Waals surface area contributed by atoms with E-state index in [4.69, 9.17) is 9.72 Å². The molecule has 2 heterocycles. The Hall–Kier alpha value is -2.82. The molecule has 0 aliphatic carbocycles. The summed E-state index contributed by atoms with van der Waals surface area (Å²) in [4.78, 5) is 20.0. The predicted molar refractivity (Wildman–Crippen MR) is 163 cm³/mol. The van der Waals surface area contributed by atoms with Gasteiger partial charge in [-0.05, 0) is 49.7 Å². The smallest absolute Gasteiger partial charge is 0.227 e. The highest BCUT2D eigenvalue weighted by Gasteiger charge is 2.34. The monoisotopic (exact) mass is 531 g/mol. The molecule has 2 aromatic carbocycles. The topological polar surface area (TPSA) is 47.4 Å². The van der Waals surface area contributed by atoms with Crippen LogP contribution in [0.5, 0.6) is 5.75 Å². The lowest BCUT2D eigenvalue weighted by Gasteiger charge is -2.18. The highest BCUT2D eigenvalue weighted by molar-refractivity contribution is 5.96. The maximum absolute atomic E-state index is 13.0. The Morgan fingerprint density at radius 1 is 0.795 bits per heavy atom. The Morgan fingerprint density at radius 3 is 2.05 bits per heavy atom. The largest absolute Gasteiger partial charge is 0.494 e. The minimum Gasteiger partial charge on any atom is -0.494 e. The van der Waals surface area contributed by atoms with Crippen LogP contribution in [0.15, 0.2) is 48.5 Å². The zero-order valence-electron chi connectivity index (χ0n) is 24.4. The molecule has 0 N–H and O–H groups in total. The molecule has 0 radical (unpaired) electrons. The number of amides is 1. The van der Waals surface area contributed by atoms with E-state index in [1.54, 1.807) is 0 Å². The number of aryl methyl sites for hydroxylation is 1. The van der Waals surface area contributed by atoms with Crippen LogP contribution in [0.25, 0.3) is 11.0 Å². The molecule has 1 atom stereocenters. The molecule has 5 heteroatoms. The first-order chi connectivity index (χ1) is 19.2. The Labute approximate surface area is 236 Å². The molecule has 212 valence electrons. The van der Waals surface area contributed by atoms with Crippen LogP contribution in [-0.2, 0) is 11.3 Å². The lowest BCUT2D eigenvalue weighted by atomic mass is 10.0. The number of benzene rings is 2. The second-order valence-electron chi connectivity index (χ2n) is 11.2. The summed E-state index contributed by atoms with van der Waals surface area (Å²) in [7, 11) is 0. The van der Waals surface area contributed by atoms with Crippen LogP contribution in [-0.4, -0.2) is 28.6 Å². The maximum Gasteiger partial charge on any atom is 0.227 e. The number of rotatable bonds is 18. The highest BCUT2D eigenvalue weighted by atomic mass is 16.5. The molecule has 39 heavy (non-hydrogen) atoms. The van der Waals surface area contributed by atoms with E-state index in [-0.39, 0.29) is 11.8 Å². The summed E-state index contributed by atoms with van der Waals surface area (Å²) in [6.45, 7) is 6.55. The van der Waals surface area contributed by atoms with Gasteiger partial charge in [-0.3, -0.25) is 4.79 Å². The molecule has 0 spiro atoms. The first-order valence-corrected chi connectivity index (χ1v) is 15.7. The van der Waals surface area contributed by atoms with Crippen molar-refractivity contribution >= 4 is 22.6 Å². The Bertz CT molecular complexity index is 1140. The van der Waals surface area contributed by atoms with Gasteiger partial charge in [0, 0.05) is 31.1 Å². The number of aromatic nitrogens is 2. The number of nitrogens with zero attached hydrogens (tertiary/aromatic N) is 3. The average molecular weight is 532 g/mol. The normalized spacial score (nSPS) is 15.5. The molecular formula is C34H49N3O2. The van der Waals surface area contributed by atoms with Gasteiger partial charge in [0.2, 0.25) is 5.91 Å². The SMILES string of the molecule is CCCCCCCCCCCCCCCn1c(C2CC(=O)N(c3ccc(OCC)cc3)C2)nc2ccccc21. The van der Waals surface area contributed by atoms with E-state index >= 15 is 0 Å². The average Bonchev–Trinajstić information content (AvgIpc) is 3.52. The van der Waals surface area contributed by atoms with Gasteiger partial charge in [0.1, 0.15) is 11.6 Å². The standard InChI is InChI=1S/C34H49N3O2/c1-3-5-6-7-8-9-10-11-12-13-14-15-18-25-36-32-20-17-16-19-31(32)35-34(36)28-26-33(38)37(27-28)29-21-23-30(24-22-29)39-4-2/h16-17,19-24,28H,3-15,18,25-27H2,1-2H3. The summed E-state index contributed by atoms with van der Waals surface area (Å²) in [5, 5.41) is 0. The van der Waals surface area contributed by atoms with Gasteiger partial charge in [0.15, 0.2) is 0 Å². The number of hydrogen-bond acceptors (Lipinski definition) is 3. The molecule has 0 bridgehead atoms. The molecule has 5 nitrogen and oxygen atoms in total. The number of anilines is 1. The van der Waals surface area contributed by atoms with Gasteiger partial charge in [-0.1, -0.05) is 96.1 Å². The van der Waals surface area contributed by atoms with Crippen molar-refractivity contribution in [1.82, 2.24) is 9.55 Å². The fraction of sp³-hybridized carbons (Fsp3) is 0.588. The first kappa shape index (κ1) is 29.2. The van der Waals surface area contributed by atoms with Gasteiger partial charge in [-0.15, -0.1) is 0 Å². The van der Waals surface area contributed by atoms with E-state index in [0.29, 0.717) is 19.6 Å². The van der Waals surface area contributed by atoms with E-state index in [0.717, 1.165) is 35.7 Å². The number of imidazole rings is 1. The number of para-hydroxylation sites is 2. The van der Waals surface area contributed by atoms with Crippen LogP contribution < -0.4 is 9.64 Å². The third kappa shape index (κ3) is 8.33. The number of ether oxygens (including phenoxy) is 1. The van der Waals surface area contributed by atoms with E-state index in [1.165, 1.54) is 82.6 Å². The molecule has 1 saturated heterocycles. The Kier molecular flexibility index (Phi) is 11.7. The molecule has 4 rings (SSSR count).